The summed E-state index contributed by atoms with van der Waals surface area (Å²) in [6, 6.07) is 13.0. The Bertz CT molecular complexity index is 1520. The number of imide groups is 2. The molecule has 10 nitrogen and oxygen atoms in total. The lowest BCUT2D eigenvalue weighted by molar-refractivity contribution is -0.384. The molecule has 0 saturated carbocycles. The summed E-state index contributed by atoms with van der Waals surface area (Å²) in [5.41, 5.74) is 1.11. The largest absolute Gasteiger partial charge is 0.493 e. The highest BCUT2D eigenvalue weighted by Gasteiger charge is 2.37. The van der Waals surface area contributed by atoms with Crippen molar-refractivity contribution >= 4 is 35.3 Å². The van der Waals surface area contributed by atoms with E-state index in [2.05, 4.69) is 11.9 Å². The van der Waals surface area contributed by atoms with Crippen LogP contribution in [0.2, 0.25) is 0 Å². The van der Waals surface area contributed by atoms with E-state index in [4.69, 9.17) is 9.47 Å². The van der Waals surface area contributed by atoms with Crippen LogP contribution < -0.4 is 19.7 Å². The third-order valence-corrected chi connectivity index (χ3v) is 5.74. The molecule has 3 aromatic rings. The van der Waals surface area contributed by atoms with Gasteiger partial charge in [-0.3, -0.25) is 25.0 Å². The Labute approximate surface area is 222 Å². The second-order valence-corrected chi connectivity index (χ2v) is 8.35. The number of benzene rings is 3. The smallest absolute Gasteiger partial charge is 0.335 e. The molecular formula is C28H22FN3O7. The topological polar surface area (TPSA) is 128 Å². The number of allylic oxidation sites excluding steroid dienone is 1. The molecule has 4 rings (SSSR count). The number of hydrogen-bond donors (Lipinski definition) is 1. The number of non-ortho nitro benzene ring substituents is 1. The highest BCUT2D eigenvalue weighted by atomic mass is 19.1. The summed E-state index contributed by atoms with van der Waals surface area (Å²) in [6.45, 7) is 3.82. The monoisotopic (exact) mass is 531 g/mol. The van der Waals surface area contributed by atoms with Crippen molar-refractivity contribution in [3.8, 4) is 11.5 Å². The molecule has 1 N–H and O–H groups in total. The van der Waals surface area contributed by atoms with Gasteiger partial charge < -0.3 is 9.47 Å². The lowest BCUT2D eigenvalue weighted by Gasteiger charge is -2.26. The first-order valence-corrected chi connectivity index (χ1v) is 11.6. The molecule has 1 saturated heterocycles. The summed E-state index contributed by atoms with van der Waals surface area (Å²) < 4.78 is 25.0. The molecule has 0 bridgehead atoms. The van der Waals surface area contributed by atoms with E-state index in [1.54, 1.807) is 30.3 Å². The first-order chi connectivity index (χ1) is 18.7. The fourth-order valence-electron chi connectivity index (χ4n) is 3.95. The molecular weight excluding hydrogens is 509 g/mol. The number of nitrogens with zero attached hydrogens (tertiary/aromatic N) is 2. The second-order valence-electron chi connectivity index (χ2n) is 8.35. The van der Waals surface area contributed by atoms with Gasteiger partial charge >= 0.3 is 6.03 Å². The molecule has 3 aromatic carbocycles. The molecule has 0 radical (unpaired) electrons. The number of ether oxygens (including phenoxy) is 2. The maximum Gasteiger partial charge on any atom is 0.335 e. The number of carbonyl (C=O) groups is 3. The van der Waals surface area contributed by atoms with Gasteiger partial charge in [-0.2, -0.15) is 0 Å². The Morgan fingerprint density at radius 3 is 2.49 bits per heavy atom. The zero-order valence-electron chi connectivity index (χ0n) is 20.7. The van der Waals surface area contributed by atoms with Gasteiger partial charge in [0.2, 0.25) is 0 Å². The second kappa shape index (κ2) is 11.4. The number of methoxy groups -OCH3 is 1. The minimum Gasteiger partial charge on any atom is -0.493 e. The van der Waals surface area contributed by atoms with E-state index in [0.717, 1.165) is 17.0 Å². The number of nitro benzene ring substituents is 1. The number of nitro groups is 1. The molecule has 1 aliphatic rings. The van der Waals surface area contributed by atoms with Crippen molar-refractivity contribution in [1.82, 2.24) is 5.32 Å². The van der Waals surface area contributed by atoms with Crippen LogP contribution in [0.1, 0.15) is 16.7 Å². The molecule has 1 fully saturated rings. The van der Waals surface area contributed by atoms with Gasteiger partial charge in [-0.1, -0.05) is 18.2 Å². The van der Waals surface area contributed by atoms with E-state index in [1.165, 1.54) is 37.5 Å². The summed E-state index contributed by atoms with van der Waals surface area (Å²) in [4.78, 5) is 49.4. The fourth-order valence-corrected chi connectivity index (χ4v) is 3.95. The molecule has 0 spiro atoms. The number of barbiturate groups is 1. The van der Waals surface area contributed by atoms with Crippen LogP contribution in [0.25, 0.3) is 6.08 Å². The van der Waals surface area contributed by atoms with Gasteiger partial charge in [-0.25, -0.2) is 14.1 Å². The number of anilines is 1. The van der Waals surface area contributed by atoms with E-state index in [1.807, 2.05) is 0 Å². The predicted octanol–water partition coefficient (Wildman–Crippen LogP) is 4.72. The molecule has 4 amide bonds. The van der Waals surface area contributed by atoms with E-state index >= 15 is 0 Å². The van der Waals surface area contributed by atoms with Crippen molar-refractivity contribution < 1.29 is 33.2 Å². The van der Waals surface area contributed by atoms with Gasteiger partial charge in [0.05, 0.1) is 17.7 Å². The highest BCUT2D eigenvalue weighted by Crippen LogP contribution is 2.35. The van der Waals surface area contributed by atoms with Gasteiger partial charge in [0.15, 0.2) is 11.5 Å². The first kappa shape index (κ1) is 26.7. The van der Waals surface area contributed by atoms with Crippen LogP contribution in [-0.4, -0.2) is 29.9 Å². The molecule has 198 valence electrons. The Hall–Kier alpha value is -5.32. The normalized spacial score (nSPS) is 14.3. The summed E-state index contributed by atoms with van der Waals surface area (Å²) in [6.07, 6.45) is 3.28. The van der Waals surface area contributed by atoms with Crippen LogP contribution in [0.3, 0.4) is 0 Å². The van der Waals surface area contributed by atoms with E-state index in [0.29, 0.717) is 34.6 Å². The van der Waals surface area contributed by atoms with Gasteiger partial charge in [0, 0.05) is 17.7 Å². The van der Waals surface area contributed by atoms with Gasteiger partial charge in [0.25, 0.3) is 17.5 Å². The molecule has 39 heavy (non-hydrogen) atoms. The average molecular weight is 531 g/mol. The lowest BCUT2D eigenvalue weighted by Crippen LogP contribution is -2.54. The summed E-state index contributed by atoms with van der Waals surface area (Å²) in [5.74, 6) is -1.53. The average Bonchev–Trinajstić information content (AvgIpc) is 2.90. The molecule has 0 atom stereocenters. The summed E-state index contributed by atoms with van der Waals surface area (Å²) in [5, 5.41) is 13.1. The Morgan fingerprint density at radius 2 is 1.85 bits per heavy atom. The number of carbonyl (C=O) groups excluding carboxylic acids is 3. The van der Waals surface area contributed by atoms with Crippen LogP contribution in [0.5, 0.6) is 11.5 Å². The quantitative estimate of drug-likeness (QED) is 0.139. The van der Waals surface area contributed by atoms with Crippen LogP contribution in [0, 0.1) is 15.9 Å². The van der Waals surface area contributed by atoms with Gasteiger partial charge in [-0.15, -0.1) is 6.58 Å². The van der Waals surface area contributed by atoms with Crippen molar-refractivity contribution in [3.05, 3.63) is 112 Å². The van der Waals surface area contributed by atoms with Crippen LogP contribution in [0.4, 0.5) is 20.6 Å². The van der Waals surface area contributed by atoms with E-state index < -0.39 is 28.6 Å². The predicted molar refractivity (Wildman–Crippen MR) is 140 cm³/mol. The Balaban J connectivity index is 1.69. The van der Waals surface area contributed by atoms with E-state index in [-0.39, 0.29) is 23.6 Å². The van der Waals surface area contributed by atoms with Crippen molar-refractivity contribution in [1.29, 1.82) is 0 Å². The molecule has 0 aromatic heterocycles. The number of nitrogens with one attached hydrogen (secondary N) is 1. The molecule has 0 unspecified atom stereocenters. The molecule has 1 heterocycles. The first-order valence-electron chi connectivity index (χ1n) is 11.6. The van der Waals surface area contributed by atoms with Crippen LogP contribution in [0.15, 0.2) is 78.9 Å². The molecule has 0 aliphatic carbocycles. The van der Waals surface area contributed by atoms with Crippen molar-refractivity contribution in [2.24, 2.45) is 0 Å². The maximum absolute atomic E-state index is 13.6. The van der Waals surface area contributed by atoms with Gasteiger partial charge in [-0.05, 0) is 60.0 Å². The number of urea groups is 1. The van der Waals surface area contributed by atoms with Crippen molar-refractivity contribution in [3.63, 3.8) is 0 Å². The van der Waals surface area contributed by atoms with Crippen LogP contribution in [-0.2, 0) is 22.6 Å². The summed E-state index contributed by atoms with van der Waals surface area (Å²) in [7, 11) is 1.42. The number of rotatable bonds is 9. The third-order valence-electron chi connectivity index (χ3n) is 5.74. The number of hydrogen-bond acceptors (Lipinski definition) is 7. The van der Waals surface area contributed by atoms with Gasteiger partial charge in [0.1, 0.15) is 18.0 Å². The fraction of sp³-hybridized carbons (Fsp3) is 0.107. The Kier molecular flexibility index (Phi) is 7.80. The zero-order chi connectivity index (χ0) is 28.1. The Morgan fingerprint density at radius 1 is 1.10 bits per heavy atom. The molecule has 1 aliphatic heterocycles. The SMILES string of the molecule is C=CCc1cc(/C=C2\C(=O)NC(=O)N(c3ccc([N+](=O)[O-])cc3)C2=O)cc(OC)c1OCc1cccc(F)c1. The summed E-state index contributed by atoms with van der Waals surface area (Å²) >= 11 is 0. The minimum atomic E-state index is -0.984. The van der Waals surface area contributed by atoms with Crippen LogP contribution >= 0.6 is 0 Å². The minimum absolute atomic E-state index is 0.0486. The molecule has 11 heteroatoms. The lowest BCUT2D eigenvalue weighted by atomic mass is 10.0. The maximum atomic E-state index is 13.6. The zero-order valence-corrected chi connectivity index (χ0v) is 20.7. The van der Waals surface area contributed by atoms with Crippen molar-refractivity contribution in [2.75, 3.05) is 12.0 Å². The highest BCUT2D eigenvalue weighted by molar-refractivity contribution is 6.39. The van der Waals surface area contributed by atoms with E-state index in [9.17, 15) is 28.9 Å². The number of halogens is 1. The van der Waals surface area contributed by atoms with Crippen molar-refractivity contribution in [2.45, 2.75) is 13.0 Å². The number of amides is 4. The standard InChI is InChI=1S/C28H22FN3O7/c1-3-5-19-12-18(15-24(38-2)25(19)39-16-17-6-4-7-20(29)13-17)14-23-26(33)30-28(35)31(27(23)34)21-8-10-22(11-9-21)32(36)37/h3-4,6-15H,1,5,16H2,2H3,(H,30,33,35)/b23-14+. The third kappa shape index (κ3) is 5.82.